The summed E-state index contributed by atoms with van der Waals surface area (Å²) in [4.78, 5) is 28.5. The number of amides is 1. The van der Waals surface area contributed by atoms with Crippen LogP contribution in [-0.2, 0) is 0 Å². The van der Waals surface area contributed by atoms with Crippen LogP contribution in [0.2, 0.25) is 10.0 Å². The van der Waals surface area contributed by atoms with E-state index in [0.717, 1.165) is 0 Å². The average Bonchev–Trinajstić information content (AvgIpc) is 2.58. The van der Waals surface area contributed by atoms with Crippen molar-refractivity contribution in [3.8, 4) is 0 Å². The predicted molar refractivity (Wildman–Crippen MR) is 93.0 cm³/mol. The Morgan fingerprint density at radius 1 is 1.25 bits per heavy atom. The molecule has 0 aliphatic carbocycles. The Kier molecular flexibility index (Phi) is 4.59. The third-order valence-corrected chi connectivity index (χ3v) is 3.77. The van der Waals surface area contributed by atoms with E-state index in [2.05, 4.69) is 15.5 Å². The van der Waals surface area contributed by atoms with Crippen molar-refractivity contribution in [2.24, 2.45) is 5.10 Å². The van der Waals surface area contributed by atoms with Crippen LogP contribution in [0.15, 0.2) is 58.7 Å². The van der Waals surface area contributed by atoms with Gasteiger partial charge in [-0.3, -0.25) is 14.0 Å². The maximum atomic E-state index is 12.3. The summed E-state index contributed by atoms with van der Waals surface area (Å²) in [5, 5.41) is 4.72. The summed E-state index contributed by atoms with van der Waals surface area (Å²) in [7, 11) is 0. The van der Waals surface area contributed by atoms with Crippen molar-refractivity contribution in [2.75, 3.05) is 0 Å². The summed E-state index contributed by atoms with van der Waals surface area (Å²) in [6.45, 7) is 0. The molecule has 0 aliphatic rings. The molecule has 0 saturated carbocycles. The van der Waals surface area contributed by atoms with Gasteiger partial charge in [0.15, 0.2) is 0 Å². The van der Waals surface area contributed by atoms with Gasteiger partial charge in [0.1, 0.15) is 11.2 Å². The number of pyridine rings is 1. The number of hydrazone groups is 1. The number of nitrogens with zero attached hydrogens (tertiary/aromatic N) is 3. The molecular weight excluding hydrogens is 351 g/mol. The van der Waals surface area contributed by atoms with Crippen LogP contribution in [0.1, 0.15) is 15.9 Å². The van der Waals surface area contributed by atoms with Gasteiger partial charge in [0.25, 0.3) is 11.5 Å². The van der Waals surface area contributed by atoms with Gasteiger partial charge < -0.3 is 0 Å². The number of benzene rings is 1. The van der Waals surface area contributed by atoms with E-state index < -0.39 is 11.5 Å². The van der Waals surface area contributed by atoms with Gasteiger partial charge in [-0.2, -0.15) is 5.10 Å². The maximum Gasteiger partial charge on any atom is 0.278 e. The fourth-order valence-corrected chi connectivity index (χ4v) is 2.36. The molecule has 1 N–H and O–H groups in total. The first-order valence-corrected chi connectivity index (χ1v) is 7.57. The van der Waals surface area contributed by atoms with Crippen LogP contribution in [0, 0.1) is 0 Å². The molecule has 0 atom stereocenters. The van der Waals surface area contributed by atoms with E-state index in [4.69, 9.17) is 23.2 Å². The second kappa shape index (κ2) is 6.82. The van der Waals surface area contributed by atoms with Crippen LogP contribution in [0.3, 0.4) is 0 Å². The van der Waals surface area contributed by atoms with E-state index >= 15 is 0 Å². The molecule has 6 nitrogen and oxygen atoms in total. The van der Waals surface area contributed by atoms with Crippen LogP contribution in [0.5, 0.6) is 0 Å². The number of halogens is 2. The van der Waals surface area contributed by atoms with Crippen molar-refractivity contribution < 1.29 is 4.79 Å². The summed E-state index contributed by atoms with van der Waals surface area (Å²) in [6, 6.07) is 9.96. The molecular formula is C16H10Cl2N4O2. The highest BCUT2D eigenvalue weighted by Gasteiger charge is 2.12. The number of aromatic nitrogens is 2. The highest BCUT2D eigenvalue weighted by molar-refractivity contribution is 6.35. The first kappa shape index (κ1) is 16.2. The molecule has 0 spiro atoms. The highest BCUT2D eigenvalue weighted by Crippen LogP contribution is 2.18. The molecule has 0 saturated heterocycles. The number of fused-ring (bicyclic) bond motifs is 1. The third-order valence-electron chi connectivity index (χ3n) is 3.19. The van der Waals surface area contributed by atoms with E-state index in [0.29, 0.717) is 21.3 Å². The second-order valence-corrected chi connectivity index (χ2v) is 5.61. The van der Waals surface area contributed by atoms with Gasteiger partial charge in [0, 0.05) is 28.0 Å². The number of nitrogens with one attached hydrogen (secondary N) is 1. The molecule has 0 aliphatic heterocycles. The first-order valence-electron chi connectivity index (χ1n) is 6.81. The Morgan fingerprint density at radius 3 is 2.92 bits per heavy atom. The standard InChI is InChI=1S/C16H10Cl2N4O2/c17-11-4-5-13(18)10(7-11)8-20-21-15(23)12-9-19-14-3-1-2-6-22(14)16(12)24/h1-9H,(H,21,23). The molecule has 120 valence electrons. The topological polar surface area (TPSA) is 75.8 Å². The van der Waals surface area contributed by atoms with E-state index in [1.807, 2.05) is 0 Å². The lowest BCUT2D eigenvalue weighted by atomic mass is 10.2. The summed E-state index contributed by atoms with van der Waals surface area (Å²) in [6.07, 6.45) is 4.10. The van der Waals surface area contributed by atoms with Gasteiger partial charge in [-0.25, -0.2) is 10.4 Å². The summed E-state index contributed by atoms with van der Waals surface area (Å²) in [5.74, 6) is -0.667. The van der Waals surface area contributed by atoms with Crippen LogP contribution in [-0.4, -0.2) is 21.5 Å². The monoisotopic (exact) mass is 360 g/mol. The van der Waals surface area contributed by atoms with Crippen molar-refractivity contribution in [3.63, 3.8) is 0 Å². The minimum absolute atomic E-state index is 0.118. The number of carbonyl (C=O) groups is 1. The zero-order valence-corrected chi connectivity index (χ0v) is 13.6. The van der Waals surface area contributed by atoms with Crippen LogP contribution in [0.25, 0.3) is 5.65 Å². The Hall–Kier alpha value is -2.70. The Balaban J connectivity index is 1.83. The molecule has 0 radical (unpaired) electrons. The summed E-state index contributed by atoms with van der Waals surface area (Å²) < 4.78 is 1.28. The van der Waals surface area contributed by atoms with Crippen LogP contribution in [0.4, 0.5) is 0 Å². The van der Waals surface area contributed by atoms with Gasteiger partial charge in [-0.15, -0.1) is 0 Å². The molecule has 24 heavy (non-hydrogen) atoms. The average molecular weight is 361 g/mol. The molecule has 3 rings (SSSR count). The van der Waals surface area contributed by atoms with Crippen LogP contribution >= 0.6 is 23.2 Å². The van der Waals surface area contributed by atoms with Crippen molar-refractivity contribution in [1.29, 1.82) is 0 Å². The van der Waals surface area contributed by atoms with E-state index in [-0.39, 0.29) is 5.56 Å². The fourth-order valence-electron chi connectivity index (χ4n) is 2.02. The molecule has 8 heteroatoms. The van der Waals surface area contributed by atoms with Gasteiger partial charge in [0.05, 0.1) is 6.21 Å². The number of hydrogen-bond acceptors (Lipinski definition) is 4. The lowest BCUT2D eigenvalue weighted by molar-refractivity contribution is 0.0953. The molecule has 1 aromatic carbocycles. The largest absolute Gasteiger partial charge is 0.278 e. The van der Waals surface area contributed by atoms with E-state index in [1.54, 1.807) is 36.4 Å². The quantitative estimate of drug-likeness (QED) is 0.576. The molecule has 3 aromatic rings. The Morgan fingerprint density at radius 2 is 2.08 bits per heavy atom. The van der Waals surface area contributed by atoms with Crippen molar-refractivity contribution in [1.82, 2.24) is 14.8 Å². The molecule has 0 fully saturated rings. The van der Waals surface area contributed by atoms with Gasteiger partial charge in [-0.1, -0.05) is 29.3 Å². The number of carbonyl (C=O) groups excluding carboxylic acids is 1. The lowest BCUT2D eigenvalue weighted by Crippen LogP contribution is -2.29. The zero-order valence-electron chi connectivity index (χ0n) is 12.1. The lowest BCUT2D eigenvalue weighted by Gasteiger charge is -2.03. The van der Waals surface area contributed by atoms with Gasteiger partial charge >= 0.3 is 0 Å². The second-order valence-electron chi connectivity index (χ2n) is 4.77. The summed E-state index contributed by atoms with van der Waals surface area (Å²) in [5.41, 5.74) is 2.67. The van der Waals surface area contributed by atoms with Crippen molar-refractivity contribution >= 4 is 41.0 Å². The minimum Gasteiger partial charge on any atom is -0.268 e. The van der Waals surface area contributed by atoms with E-state index in [1.165, 1.54) is 23.0 Å². The Labute approximate surface area is 146 Å². The predicted octanol–water partition coefficient (Wildman–Crippen LogP) is 2.77. The number of hydrogen-bond donors (Lipinski definition) is 1. The summed E-state index contributed by atoms with van der Waals surface area (Å²) >= 11 is 11.9. The third kappa shape index (κ3) is 3.29. The first-order chi connectivity index (χ1) is 11.6. The van der Waals surface area contributed by atoms with Crippen molar-refractivity contribution in [3.05, 3.63) is 80.3 Å². The van der Waals surface area contributed by atoms with Gasteiger partial charge in [0.2, 0.25) is 0 Å². The molecule has 0 unspecified atom stereocenters. The molecule has 2 heterocycles. The normalized spacial score (nSPS) is 11.1. The highest BCUT2D eigenvalue weighted by atomic mass is 35.5. The minimum atomic E-state index is -0.667. The zero-order chi connectivity index (χ0) is 17.1. The molecule has 2 aromatic heterocycles. The maximum absolute atomic E-state index is 12.3. The van der Waals surface area contributed by atoms with Crippen LogP contribution < -0.4 is 11.0 Å². The smallest absolute Gasteiger partial charge is 0.268 e. The SMILES string of the molecule is O=C(NN=Cc1cc(Cl)ccc1Cl)c1cnc2ccccn2c1=O. The van der Waals surface area contributed by atoms with E-state index in [9.17, 15) is 9.59 Å². The van der Waals surface area contributed by atoms with Gasteiger partial charge in [-0.05, 0) is 30.3 Å². The molecule has 1 amide bonds. The van der Waals surface area contributed by atoms with Crippen molar-refractivity contribution in [2.45, 2.75) is 0 Å². The molecule has 0 bridgehead atoms. The fraction of sp³-hybridized carbons (Fsp3) is 0. The number of rotatable bonds is 3. The Bertz CT molecular complexity index is 1010.